The maximum absolute atomic E-state index is 13.3. The highest BCUT2D eigenvalue weighted by atomic mass is 16.6. The molecular formula is C27H23NO6. The molecule has 1 unspecified atom stereocenters. The Morgan fingerprint density at radius 2 is 1.62 bits per heavy atom. The van der Waals surface area contributed by atoms with Crippen molar-refractivity contribution in [1.29, 1.82) is 0 Å². The van der Waals surface area contributed by atoms with Gasteiger partial charge in [-0.1, -0.05) is 60.7 Å². The lowest BCUT2D eigenvalue weighted by molar-refractivity contribution is -0.136. The number of carbonyl (C=O) groups excluding carboxylic acids is 2. The fourth-order valence-corrected chi connectivity index (χ4v) is 3.63. The number of rotatable bonds is 6. The zero-order valence-corrected chi connectivity index (χ0v) is 18.7. The van der Waals surface area contributed by atoms with Crippen LogP contribution in [0, 0.1) is 13.8 Å². The van der Waals surface area contributed by atoms with E-state index in [1.165, 1.54) is 6.07 Å². The van der Waals surface area contributed by atoms with Crippen molar-refractivity contribution in [3.05, 3.63) is 112 Å². The third-order valence-corrected chi connectivity index (χ3v) is 5.20. The summed E-state index contributed by atoms with van der Waals surface area (Å²) in [6, 6.07) is 21.6. The number of alkyl carbamates (subject to hydrolysis) is 1. The number of esters is 1. The highest BCUT2D eigenvalue weighted by molar-refractivity contribution is 5.91. The number of aryl methyl sites for hydroxylation is 2. The van der Waals surface area contributed by atoms with Crippen LogP contribution >= 0.6 is 0 Å². The van der Waals surface area contributed by atoms with Crippen LogP contribution in [0.3, 0.4) is 0 Å². The minimum Gasteiger partial charge on any atom is -0.445 e. The molecule has 0 aliphatic heterocycles. The van der Waals surface area contributed by atoms with E-state index in [-0.39, 0.29) is 12.4 Å². The lowest BCUT2D eigenvalue weighted by Gasteiger charge is -2.19. The summed E-state index contributed by atoms with van der Waals surface area (Å²) in [7, 11) is 0. The van der Waals surface area contributed by atoms with Gasteiger partial charge in [0.05, 0.1) is 5.39 Å². The largest absolute Gasteiger partial charge is 0.445 e. The zero-order valence-electron chi connectivity index (χ0n) is 18.7. The molecule has 0 aliphatic carbocycles. The van der Waals surface area contributed by atoms with Crippen LogP contribution in [0.5, 0.6) is 5.75 Å². The quantitative estimate of drug-likeness (QED) is 0.249. The molecule has 0 fully saturated rings. The summed E-state index contributed by atoms with van der Waals surface area (Å²) >= 11 is 0. The van der Waals surface area contributed by atoms with Crippen LogP contribution in [0.1, 0.15) is 28.3 Å². The van der Waals surface area contributed by atoms with Gasteiger partial charge < -0.3 is 19.2 Å². The van der Waals surface area contributed by atoms with Gasteiger partial charge in [-0.2, -0.15) is 0 Å². The van der Waals surface area contributed by atoms with E-state index in [9.17, 15) is 14.4 Å². The Hall–Kier alpha value is -4.39. The number of benzene rings is 3. The Balaban J connectivity index is 1.59. The van der Waals surface area contributed by atoms with Crippen LogP contribution < -0.4 is 15.7 Å². The maximum Gasteiger partial charge on any atom is 0.408 e. The summed E-state index contributed by atoms with van der Waals surface area (Å²) in [4.78, 5) is 37.6. The summed E-state index contributed by atoms with van der Waals surface area (Å²) in [5.41, 5.74) is 2.54. The van der Waals surface area contributed by atoms with E-state index >= 15 is 0 Å². The summed E-state index contributed by atoms with van der Waals surface area (Å²) in [6.07, 6.45) is -0.758. The fraction of sp³-hybridized carbons (Fsp3) is 0.148. The highest BCUT2D eigenvalue weighted by Gasteiger charge is 2.26. The van der Waals surface area contributed by atoms with Crippen molar-refractivity contribution in [1.82, 2.24) is 5.32 Å². The molecule has 3 aromatic carbocycles. The van der Waals surface area contributed by atoms with E-state index < -0.39 is 23.7 Å². The van der Waals surface area contributed by atoms with Gasteiger partial charge in [0.2, 0.25) is 0 Å². The van der Waals surface area contributed by atoms with Crippen molar-refractivity contribution in [3.8, 4) is 5.75 Å². The maximum atomic E-state index is 13.3. The van der Waals surface area contributed by atoms with Gasteiger partial charge in [0, 0.05) is 6.07 Å². The lowest BCUT2D eigenvalue weighted by atomic mass is 10.1. The molecule has 0 bridgehead atoms. The standard InChI is InChI=1S/C27H23NO6/c1-17-13-21-24(18(2)15-23(29)33-21)22(14-17)34-26(30)25(20-11-7-4-8-12-20)28-27(31)32-16-19-9-5-3-6-10-19/h3-15,25H,16H2,1-2H3,(H,28,31). The van der Waals surface area contributed by atoms with E-state index in [2.05, 4.69) is 5.32 Å². The van der Waals surface area contributed by atoms with Crippen molar-refractivity contribution in [2.45, 2.75) is 26.5 Å². The van der Waals surface area contributed by atoms with E-state index in [1.54, 1.807) is 56.3 Å². The Morgan fingerprint density at radius 3 is 2.32 bits per heavy atom. The number of amides is 1. The third-order valence-electron chi connectivity index (χ3n) is 5.20. The monoisotopic (exact) mass is 457 g/mol. The Labute approximate surface area is 195 Å². The number of fused-ring (bicyclic) bond motifs is 1. The van der Waals surface area contributed by atoms with Gasteiger partial charge in [-0.3, -0.25) is 0 Å². The molecule has 7 nitrogen and oxygen atoms in total. The summed E-state index contributed by atoms with van der Waals surface area (Å²) in [6.45, 7) is 3.59. The number of hydrogen-bond acceptors (Lipinski definition) is 6. The molecule has 172 valence electrons. The van der Waals surface area contributed by atoms with Crippen molar-refractivity contribution in [3.63, 3.8) is 0 Å². The van der Waals surface area contributed by atoms with Gasteiger partial charge in [0.15, 0.2) is 6.04 Å². The van der Waals surface area contributed by atoms with Crippen molar-refractivity contribution < 1.29 is 23.5 Å². The van der Waals surface area contributed by atoms with Gasteiger partial charge in [-0.25, -0.2) is 14.4 Å². The smallest absolute Gasteiger partial charge is 0.408 e. The first-order valence-electron chi connectivity index (χ1n) is 10.7. The van der Waals surface area contributed by atoms with E-state index in [0.717, 1.165) is 11.1 Å². The summed E-state index contributed by atoms with van der Waals surface area (Å²) in [5.74, 6) is -0.470. The zero-order chi connectivity index (χ0) is 24.1. The molecule has 1 aromatic heterocycles. The molecule has 1 amide bonds. The first kappa shape index (κ1) is 22.8. The Morgan fingerprint density at radius 1 is 0.941 bits per heavy atom. The summed E-state index contributed by atoms with van der Waals surface area (Å²) in [5, 5.41) is 3.11. The normalized spacial score (nSPS) is 11.6. The van der Waals surface area contributed by atoms with E-state index in [0.29, 0.717) is 22.1 Å². The lowest BCUT2D eigenvalue weighted by Crippen LogP contribution is -2.36. The van der Waals surface area contributed by atoms with Crippen molar-refractivity contribution in [2.24, 2.45) is 0 Å². The van der Waals surface area contributed by atoms with Gasteiger partial charge in [0.25, 0.3) is 0 Å². The van der Waals surface area contributed by atoms with Gasteiger partial charge >= 0.3 is 17.7 Å². The predicted molar refractivity (Wildman–Crippen MR) is 127 cm³/mol. The first-order valence-corrected chi connectivity index (χ1v) is 10.7. The van der Waals surface area contributed by atoms with Crippen LogP contribution in [0.25, 0.3) is 11.0 Å². The average molecular weight is 457 g/mol. The summed E-state index contributed by atoms with van der Waals surface area (Å²) < 4.78 is 16.3. The predicted octanol–water partition coefficient (Wildman–Crippen LogP) is 4.98. The molecule has 1 N–H and O–H groups in total. The van der Waals surface area contributed by atoms with E-state index in [1.807, 2.05) is 30.3 Å². The molecule has 34 heavy (non-hydrogen) atoms. The number of carbonyl (C=O) groups is 2. The Kier molecular flexibility index (Phi) is 6.73. The number of hydrogen-bond donors (Lipinski definition) is 1. The van der Waals surface area contributed by atoms with Crippen LogP contribution in [-0.4, -0.2) is 12.1 Å². The Bertz CT molecular complexity index is 1380. The molecular weight excluding hydrogens is 434 g/mol. The molecule has 0 aliphatic rings. The average Bonchev–Trinajstić information content (AvgIpc) is 2.81. The van der Waals surface area contributed by atoms with Crippen molar-refractivity contribution >= 4 is 23.0 Å². The van der Waals surface area contributed by atoms with Crippen LogP contribution in [0.4, 0.5) is 4.79 Å². The minimum atomic E-state index is -1.11. The SMILES string of the molecule is Cc1cc(OC(=O)C(NC(=O)OCc2ccccc2)c2ccccc2)c2c(C)cc(=O)oc2c1. The van der Waals surface area contributed by atoms with Gasteiger partial charge in [-0.05, 0) is 48.2 Å². The minimum absolute atomic E-state index is 0.0595. The van der Waals surface area contributed by atoms with Crippen molar-refractivity contribution in [2.75, 3.05) is 0 Å². The fourth-order valence-electron chi connectivity index (χ4n) is 3.63. The molecule has 1 heterocycles. The second kappa shape index (κ2) is 10.0. The van der Waals surface area contributed by atoms with Crippen LogP contribution in [0.2, 0.25) is 0 Å². The first-order chi connectivity index (χ1) is 16.4. The molecule has 0 spiro atoms. The van der Waals surface area contributed by atoms with Gasteiger partial charge in [0.1, 0.15) is 17.9 Å². The molecule has 7 heteroatoms. The second-order valence-electron chi connectivity index (χ2n) is 7.86. The molecule has 0 saturated carbocycles. The van der Waals surface area contributed by atoms with Crippen LogP contribution in [-0.2, 0) is 16.1 Å². The topological polar surface area (TPSA) is 94.8 Å². The number of nitrogens with one attached hydrogen (secondary N) is 1. The highest BCUT2D eigenvalue weighted by Crippen LogP contribution is 2.30. The number of ether oxygens (including phenoxy) is 2. The van der Waals surface area contributed by atoms with Crippen LogP contribution in [0.15, 0.2) is 88.1 Å². The molecule has 1 atom stereocenters. The second-order valence-corrected chi connectivity index (χ2v) is 7.86. The van der Waals surface area contributed by atoms with E-state index in [4.69, 9.17) is 13.9 Å². The molecule has 0 radical (unpaired) electrons. The molecule has 4 rings (SSSR count). The van der Waals surface area contributed by atoms with Gasteiger partial charge in [-0.15, -0.1) is 0 Å². The molecule has 0 saturated heterocycles. The molecule has 4 aromatic rings. The third kappa shape index (κ3) is 5.32.